The molecule has 1 atom stereocenters. The third-order valence-corrected chi connectivity index (χ3v) is 7.70. The van der Waals surface area contributed by atoms with Crippen LogP contribution in [0.3, 0.4) is 0 Å². The lowest BCUT2D eigenvalue weighted by atomic mass is 10.0. The van der Waals surface area contributed by atoms with Crippen molar-refractivity contribution in [2.24, 2.45) is 0 Å². The van der Waals surface area contributed by atoms with Crippen LogP contribution in [0.1, 0.15) is 24.5 Å². The van der Waals surface area contributed by atoms with E-state index in [-0.39, 0.29) is 34.6 Å². The van der Waals surface area contributed by atoms with Gasteiger partial charge in [-0.15, -0.1) is 0 Å². The molecule has 0 fully saturated rings. The highest BCUT2D eigenvalue weighted by Crippen LogP contribution is 2.28. The van der Waals surface area contributed by atoms with Crippen LogP contribution < -0.4 is 14.4 Å². The van der Waals surface area contributed by atoms with Crippen LogP contribution in [0, 0.1) is 0 Å². The summed E-state index contributed by atoms with van der Waals surface area (Å²) in [6.07, 6.45) is 1.94. The van der Waals surface area contributed by atoms with E-state index in [1.54, 1.807) is 25.3 Å². The number of halogens is 2. The Morgan fingerprint density at radius 1 is 0.950 bits per heavy atom. The molecule has 0 saturated heterocycles. The van der Waals surface area contributed by atoms with Gasteiger partial charge in [0, 0.05) is 29.6 Å². The largest absolute Gasteiger partial charge is 0.497 e. The van der Waals surface area contributed by atoms with E-state index in [2.05, 4.69) is 5.32 Å². The summed E-state index contributed by atoms with van der Waals surface area (Å²) in [6, 6.07) is 19.9. The first-order chi connectivity index (χ1) is 19.0. The van der Waals surface area contributed by atoms with Gasteiger partial charge in [-0.25, -0.2) is 8.42 Å². The van der Waals surface area contributed by atoms with Gasteiger partial charge >= 0.3 is 0 Å². The molecule has 0 aliphatic carbocycles. The first-order valence-corrected chi connectivity index (χ1v) is 15.3. The number of hydrogen-bond donors (Lipinski definition) is 1. The molecule has 0 unspecified atom stereocenters. The van der Waals surface area contributed by atoms with Crippen LogP contribution in [0.25, 0.3) is 0 Å². The maximum atomic E-state index is 14.1. The molecule has 3 aromatic rings. The summed E-state index contributed by atoms with van der Waals surface area (Å²) in [4.78, 5) is 29.0. The lowest BCUT2D eigenvalue weighted by molar-refractivity contribution is -0.140. The minimum absolute atomic E-state index is 0.0426. The van der Waals surface area contributed by atoms with E-state index in [1.807, 2.05) is 43.3 Å². The summed E-state index contributed by atoms with van der Waals surface area (Å²) in [5.74, 6) is -0.318. The zero-order valence-corrected chi connectivity index (χ0v) is 25.0. The molecule has 0 spiro atoms. The molecule has 0 heterocycles. The fourth-order valence-corrected chi connectivity index (χ4v) is 5.53. The molecule has 11 heteroatoms. The number of benzene rings is 3. The van der Waals surface area contributed by atoms with Gasteiger partial charge in [0.25, 0.3) is 0 Å². The van der Waals surface area contributed by atoms with Crippen molar-refractivity contribution < 1.29 is 22.7 Å². The molecule has 214 valence electrons. The van der Waals surface area contributed by atoms with Gasteiger partial charge in [-0.3, -0.25) is 13.9 Å². The number of carbonyl (C=O) groups excluding carboxylic acids is 2. The van der Waals surface area contributed by atoms with Gasteiger partial charge in [0.1, 0.15) is 18.3 Å². The Balaban J connectivity index is 2.07. The SMILES string of the molecule is CCCNC(=O)[C@@H](Cc1ccccc1)N(Cc1cccc(OC)c1)C(=O)CN(c1cc(Cl)cc(Cl)c1)S(C)(=O)=O. The Morgan fingerprint density at radius 2 is 1.60 bits per heavy atom. The lowest BCUT2D eigenvalue weighted by Gasteiger charge is -2.33. The summed E-state index contributed by atoms with van der Waals surface area (Å²) in [5.41, 5.74) is 1.71. The van der Waals surface area contributed by atoms with Crippen LogP contribution in [0.4, 0.5) is 5.69 Å². The molecule has 3 aromatic carbocycles. The van der Waals surface area contributed by atoms with E-state index in [1.165, 1.54) is 23.1 Å². The van der Waals surface area contributed by atoms with Crippen LogP contribution in [-0.4, -0.2) is 57.6 Å². The highest BCUT2D eigenvalue weighted by atomic mass is 35.5. The summed E-state index contributed by atoms with van der Waals surface area (Å²) >= 11 is 12.3. The van der Waals surface area contributed by atoms with Crippen LogP contribution in [0.2, 0.25) is 10.0 Å². The number of sulfonamides is 1. The minimum atomic E-state index is -3.93. The predicted octanol–water partition coefficient (Wildman–Crippen LogP) is 4.93. The van der Waals surface area contributed by atoms with Gasteiger partial charge in [0.15, 0.2) is 0 Å². The van der Waals surface area contributed by atoms with Gasteiger partial charge in [-0.05, 0) is 47.9 Å². The minimum Gasteiger partial charge on any atom is -0.497 e. The third kappa shape index (κ3) is 8.87. The average Bonchev–Trinajstić information content (AvgIpc) is 2.91. The number of amides is 2. The second-order valence-electron chi connectivity index (χ2n) is 9.27. The number of rotatable bonds is 13. The van der Waals surface area contributed by atoms with Crippen molar-refractivity contribution in [2.45, 2.75) is 32.4 Å². The van der Waals surface area contributed by atoms with Gasteiger partial charge in [-0.1, -0.05) is 72.6 Å². The van der Waals surface area contributed by atoms with E-state index in [0.29, 0.717) is 24.3 Å². The Morgan fingerprint density at radius 3 is 2.20 bits per heavy atom. The fraction of sp³-hybridized carbons (Fsp3) is 0.310. The van der Waals surface area contributed by atoms with E-state index in [4.69, 9.17) is 27.9 Å². The molecule has 1 N–H and O–H groups in total. The summed E-state index contributed by atoms with van der Waals surface area (Å²) in [5, 5.41) is 3.34. The number of carbonyl (C=O) groups is 2. The molecule has 0 radical (unpaired) electrons. The van der Waals surface area contributed by atoms with Gasteiger partial charge in [0.05, 0.1) is 19.1 Å². The zero-order valence-electron chi connectivity index (χ0n) is 22.6. The molecule has 2 amide bonds. The van der Waals surface area contributed by atoms with Crippen molar-refractivity contribution in [1.29, 1.82) is 0 Å². The number of methoxy groups -OCH3 is 1. The second kappa shape index (κ2) is 14.4. The molecule has 8 nitrogen and oxygen atoms in total. The number of anilines is 1. The van der Waals surface area contributed by atoms with Crippen LogP contribution in [0.5, 0.6) is 5.75 Å². The van der Waals surface area contributed by atoms with Crippen molar-refractivity contribution in [3.63, 3.8) is 0 Å². The van der Waals surface area contributed by atoms with Crippen molar-refractivity contribution in [2.75, 3.05) is 30.8 Å². The third-order valence-electron chi connectivity index (χ3n) is 6.12. The molecule has 0 aromatic heterocycles. The van der Waals surface area contributed by atoms with Crippen LogP contribution in [0.15, 0.2) is 72.8 Å². The average molecular weight is 607 g/mol. The van der Waals surface area contributed by atoms with Crippen molar-refractivity contribution in [3.05, 3.63) is 94.0 Å². The normalized spacial score (nSPS) is 11.9. The van der Waals surface area contributed by atoms with Crippen molar-refractivity contribution >= 4 is 50.7 Å². The quantitative estimate of drug-likeness (QED) is 0.298. The number of nitrogens with zero attached hydrogens (tertiary/aromatic N) is 2. The topological polar surface area (TPSA) is 96.0 Å². The van der Waals surface area contributed by atoms with E-state index >= 15 is 0 Å². The first-order valence-electron chi connectivity index (χ1n) is 12.7. The Bertz CT molecular complexity index is 1400. The number of nitrogens with one attached hydrogen (secondary N) is 1. The zero-order chi connectivity index (χ0) is 29.3. The second-order valence-corrected chi connectivity index (χ2v) is 12.0. The molecule has 0 aliphatic rings. The highest BCUT2D eigenvalue weighted by molar-refractivity contribution is 7.92. The number of hydrogen-bond acceptors (Lipinski definition) is 5. The van der Waals surface area contributed by atoms with Crippen LogP contribution >= 0.6 is 23.2 Å². The maximum Gasteiger partial charge on any atom is 0.244 e. The van der Waals surface area contributed by atoms with Crippen molar-refractivity contribution in [3.8, 4) is 5.75 Å². The van der Waals surface area contributed by atoms with Gasteiger partial charge in [0.2, 0.25) is 21.8 Å². The van der Waals surface area contributed by atoms with E-state index in [0.717, 1.165) is 16.1 Å². The van der Waals surface area contributed by atoms with Gasteiger partial charge in [-0.2, -0.15) is 0 Å². The smallest absolute Gasteiger partial charge is 0.244 e. The fourth-order valence-electron chi connectivity index (χ4n) is 4.18. The monoisotopic (exact) mass is 605 g/mol. The Labute approximate surface area is 245 Å². The standard InChI is InChI=1S/C29H33Cl2N3O5S/c1-4-13-32-29(36)27(15-21-9-6-5-7-10-21)33(19-22-11-8-12-26(14-22)39-2)28(35)20-34(40(3,37)38)25-17-23(30)16-24(31)18-25/h5-12,14,16-18,27H,4,13,15,19-20H2,1-3H3,(H,32,36)/t27-/m1/s1. The van der Waals surface area contributed by atoms with E-state index in [9.17, 15) is 18.0 Å². The molecular weight excluding hydrogens is 573 g/mol. The van der Waals surface area contributed by atoms with Gasteiger partial charge < -0.3 is 15.0 Å². The predicted molar refractivity (Wildman–Crippen MR) is 159 cm³/mol. The van der Waals surface area contributed by atoms with Crippen LogP contribution in [-0.2, 0) is 32.6 Å². The molecule has 40 heavy (non-hydrogen) atoms. The molecule has 0 bridgehead atoms. The Kier molecular flexibility index (Phi) is 11.2. The maximum absolute atomic E-state index is 14.1. The molecular formula is C29H33Cl2N3O5S. The molecule has 3 rings (SSSR count). The summed E-state index contributed by atoms with van der Waals surface area (Å²) in [6.45, 7) is 1.85. The lowest BCUT2D eigenvalue weighted by Crippen LogP contribution is -2.53. The summed E-state index contributed by atoms with van der Waals surface area (Å²) in [7, 11) is -2.39. The molecule has 0 aliphatic heterocycles. The molecule has 0 saturated carbocycles. The first kappa shape index (κ1) is 31.3. The van der Waals surface area contributed by atoms with Crippen molar-refractivity contribution in [1.82, 2.24) is 10.2 Å². The summed E-state index contributed by atoms with van der Waals surface area (Å²) < 4.78 is 32.0. The van der Waals surface area contributed by atoms with E-state index < -0.39 is 28.5 Å². The number of ether oxygens (including phenoxy) is 1. The Hall–Kier alpha value is -3.27. The highest BCUT2D eigenvalue weighted by Gasteiger charge is 2.33.